The third kappa shape index (κ3) is 29.8. The number of carbonyl (C=O) groups is 10. The van der Waals surface area contributed by atoms with Crippen LogP contribution in [-0.4, -0.2) is 111 Å². The first-order valence-corrected chi connectivity index (χ1v) is 49.9. The van der Waals surface area contributed by atoms with Gasteiger partial charge in [-0.05, 0) is 288 Å². The molecule has 4 N–H and O–H groups in total. The summed E-state index contributed by atoms with van der Waals surface area (Å²) in [6.45, 7) is 39.7. The van der Waals surface area contributed by atoms with Gasteiger partial charge in [0.15, 0.2) is 0 Å². The molecular formula is C120H140N12O12. The molecule has 12 aromatic rings. The van der Waals surface area contributed by atoms with Crippen LogP contribution in [0.3, 0.4) is 0 Å². The number of nitrogens with one attached hydrogen (secondary N) is 4. The molecule has 0 bridgehead atoms. The van der Waals surface area contributed by atoms with E-state index in [0.29, 0.717) is 50.6 Å². The highest BCUT2D eigenvalue weighted by Crippen LogP contribution is 2.39. The minimum Gasteiger partial charge on any atom is -0.347 e. The number of benzene rings is 6. The van der Waals surface area contributed by atoms with Crippen LogP contribution in [0.2, 0.25) is 0 Å². The minimum absolute atomic E-state index is 0.0226. The Morgan fingerprint density at radius 1 is 0.319 bits per heavy atom. The van der Waals surface area contributed by atoms with Crippen LogP contribution >= 0.6 is 0 Å². The van der Waals surface area contributed by atoms with Gasteiger partial charge in [0, 0.05) is 148 Å². The summed E-state index contributed by atoms with van der Waals surface area (Å²) in [4.78, 5) is 176. The van der Waals surface area contributed by atoms with Crippen molar-refractivity contribution in [2.24, 2.45) is 23.7 Å². The van der Waals surface area contributed by atoms with Crippen molar-refractivity contribution >= 4 is 58.6 Å². The number of carbonyl (C=O) groups excluding carboxylic acids is 10. The summed E-state index contributed by atoms with van der Waals surface area (Å²) in [7, 11) is 0. The highest BCUT2D eigenvalue weighted by atomic mass is 16.2. The normalized spacial score (nSPS) is 15.1. The second kappa shape index (κ2) is 51.3. The van der Waals surface area contributed by atoms with Gasteiger partial charge in [0.2, 0.25) is 35.4 Å². The van der Waals surface area contributed by atoms with E-state index in [1.807, 2.05) is 163 Å². The molecule has 2 fully saturated rings. The fourth-order valence-corrected chi connectivity index (χ4v) is 19.5. The predicted molar refractivity (Wildman–Crippen MR) is 568 cm³/mol. The topological polar surface area (TPSA) is 321 Å². The Balaban J connectivity index is 0.000000183. The summed E-state index contributed by atoms with van der Waals surface area (Å²) in [6, 6.07) is 52.8. The van der Waals surface area contributed by atoms with Crippen molar-refractivity contribution in [2.75, 3.05) is 13.1 Å². The summed E-state index contributed by atoms with van der Waals surface area (Å²) in [6.07, 6.45) is 21.4. The van der Waals surface area contributed by atoms with Gasteiger partial charge in [-0.2, -0.15) is 0 Å². The van der Waals surface area contributed by atoms with E-state index in [2.05, 4.69) is 159 Å². The molecule has 144 heavy (non-hydrogen) atoms. The van der Waals surface area contributed by atoms with Crippen molar-refractivity contribution in [1.82, 2.24) is 60.1 Å². The van der Waals surface area contributed by atoms with E-state index in [4.69, 9.17) is 0 Å². The highest BCUT2D eigenvalue weighted by molar-refractivity contribution is 5.92. The summed E-state index contributed by atoms with van der Waals surface area (Å²) in [5.74, 6) is -0.360. The first kappa shape index (κ1) is 110. The maximum absolute atomic E-state index is 14.0. The SMILES string of the molecule is CC(=O)C[C@H](NC(=O)C(CC(C)C)n1ccc(C)cc1=O)c1cncc(-c2c(C)cccc2C)c1.CC(=O)C[C@H](NC(=O)C(CC(C)C)n1ccccc1=O)c1cncc(-c2c(C)cccc2C)c1.CC(=O)C[C@H](NC(=O)[C@@H](c1ccccc1)N1CC(C)CCC1=O)c1cncc(-c2c(C)cccc2C)c1.CC(=O)C[C@H](NC(=O)[C@H](c1ccc(C)cc1)N1CC(C)CCC1=O)c1cncc(-c2c(C)cccc2C)c1. The van der Waals surface area contributed by atoms with E-state index in [1.165, 1.54) is 49.0 Å². The second-order valence-corrected chi connectivity index (χ2v) is 40.2. The molecule has 6 amide bonds. The molecule has 0 saturated carbocycles. The standard InChI is InChI=1S/C32H37N3O3.C31H35N3O3.C29H35N3O3.C28H33N3O3/c1-20-9-12-25(13-10-20)31(35-19-21(2)11-14-29(35)37)32(38)34-28(15-24(5)36)26-16-27(18-33-17-26)30-22(3)7-6-8-23(30)4;1-20-13-14-28(36)34(19-20)30(24-11-6-5-7-12-24)31(37)33-27(15-23(4)35)25-16-26(18-32-17-25)29-21(2)9-8-10-22(29)3;1-18(2)12-26(32-11-10-19(3)13-27(32)34)29(35)31-25(14-22(6)33)23-15-24(17-30-16-23)28-20(4)8-7-9-21(28)5;1-18(2)13-25(31-12-7-6-11-26(31)33)28(34)30-24(14-21(5)32)22-15-23(17-29-16-22)27-19(3)9-8-10-20(27)4/h6-10,12-13,16-18,21,28,31H,11,14-15,19H2,1-5H3,(H,34,38);5-12,16-18,20,27,30H,13-15,19H2,1-4H3,(H,33,37);7-11,13,15-18,25-26H,12,14H2,1-6H3,(H,31,35);6-12,15-18,24-25H,13-14H2,1-5H3,(H,30,34)/t21?,28-,31-;20?,27-,30+;25-,26?;24-,25?/m0000/s1. The van der Waals surface area contributed by atoms with E-state index in [0.717, 1.165) is 146 Å². The number of hydrogen-bond donors (Lipinski definition) is 4. The third-order valence-corrected chi connectivity index (χ3v) is 26.6. The van der Waals surface area contributed by atoms with Gasteiger partial charge in [0.05, 0.1) is 24.2 Å². The largest absolute Gasteiger partial charge is 0.347 e. The van der Waals surface area contributed by atoms with Crippen LogP contribution < -0.4 is 32.4 Å². The van der Waals surface area contributed by atoms with Crippen molar-refractivity contribution in [1.29, 1.82) is 0 Å². The van der Waals surface area contributed by atoms with E-state index in [9.17, 15) is 57.5 Å². The number of nitrogens with zero attached hydrogens (tertiary/aromatic N) is 8. The van der Waals surface area contributed by atoms with Gasteiger partial charge in [-0.25, -0.2) is 0 Å². The van der Waals surface area contributed by atoms with Crippen LogP contribution in [0, 0.1) is 92.9 Å². The van der Waals surface area contributed by atoms with E-state index in [-0.39, 0.29) is 107 Å². The number of Topliss-reactive ketones (excluding diaryl/α,β-unsaturated/α-hetero) is 4. The molecule has 24 heteroatoms. The molecule has 2 saturated heterocycles. The Bertz CT molecular complexity index is 6640. The van der Waals surface area contributed by atoms with Gasteiger partial charge in [0.25, 0.3) is 11.1 Å². The van der Waals surface area contributed by atoms with Crippen molar-refractivity contribution in [3.8, 4) is 44.5 Å². The first-order chi connectivity index (χ1) is 68.6. The van der Waals surface area contributed by atoms with Gasteiger partial charge < -0.3 is 40.2 Å². The van der Waals surface area contributed by atoms with Crippen molar-refractivity contribution in [3.63, 3.8) is 0 Å². The van der Waals surface area contributed by atoms with E-state index < -0.39 is 48.3 Å². The molecule has 8 heterocycles. The quantitative estimate of drug-likeness (QED) is 0.0291. The van der Waals surface area contributed by atoms with Crippen LogP contribution in [0.15, 0.2) is 254 Å². The van der Waals surface area contributed by atoms with Crippen LogP contribution in [0.5, 0.6) is 0 Å². The summed E-state index contributed by atoms with van der Waals surface area (Å²) >= 11 is 0. The van der Waals surface area contributed by atoms with Crippen molar-refractivity contribution in [2.45, 2.75) is 251 Å². The second-order valence-electron chi connectivity index (χ2n) is 40.2. The number of hydrogen-bond acceptors (Lipinski definition) is 16. The molecule has 0 radical (unpaired) electrons. The highest BCUT2D eigenvalue weighted by Gasteiger charge is 2.39. The maximum atomic E-state index is 14.0. The van der Waals surface area contributed by atoms with Crippen molar-refractivity contribution in [3.05, 3.63) is 354 Å². The molecule has 6 aromatic heterocycles. The molecule has 10 atom stereocenters. The Hall–Kier alpha value is -14.7. The van der Waals surface area contributed by atoms with Gasteiger partial charge in [-0.15, -0.1) is 0 Å². The average molecular weight is 1940 g/mol. The lowest BCUT2D eigenvalue weighted by Crippen LogP contribution is -2.48. The molecule has 2 aliphatic rings. The number of likely N-dealkylation sites (tertiary alicyclic amines) is 2. The van der Waals surface area contributed by atoms with E-state index >= 15 is 0 Å². The van der Waals surface area contributed by atoms with Gasteiger partial charge in [-0.1, -0.05) is 181 Å². The molecule has 752 valence electrons. The summed E-state index contributed by atoms with van der Waals surface area (Å²) in [5, 5.41) is 12.3. The Labute approximate surface area is 847 Å². The smallest absolute Gasteiger partial charge is 0.251 e. The molecule has 6 aromatic carbocycles. The molecule has 0 spiro atoms. The number of rotatable bonds is 34. The number of pyridine rings is 6. The lowest BCUT2D eigenvalue weighted by Gasteiger charge is -2.37. The molecular weight excluding hydrogens is 1800 g/mol. The maximum Gasteiger partial charge on any atom is 0.251 e. The molecule has 0 aliphatic carbocycles. The summed E-state index contributed by atoms with van der Waals surface area (Å²) < 4.78 is 2.95. The number of aryl methyl sites for hydroxylation is 10. The zero-order valence-corrected chi connectivity index (χ0v) is 87.0. The average Bonchev–Trinajstić information content (AvgIpc) is 0.802. The Kier molecular flexibility index (Phi) is 39.1. The van der Waals surface area contributed by atoms with Gasteiger partial charge in [-0.3, -0.25) is 77.5 Å². The third-order valence-electron chi connectivity index (χ3n) is 26.6. The van der Waals surface area contributed by atoms with Crippen LogP contribution in [0.4, 0.5) is 0 Å². The number of piperidine rings is 2. The monoisotopic (exact) mass is 1940 g/mol. The molecule has 2 aliphatic heterocycles. The Morgan fingerprint density at radius 2 is 0.618 bits per heavy atom. The lowest BCUT2D eigenvalue weighted by atomic mass is 9.93. The molecule has 24 nitrogen and oxygen atoms in total. The van der Waals surface area contributed by atoms with Crippen LogP contribution in [-0.2, 0) is 47.9 Å². The fraction of sp³-hybridized carbons (Fsp3) is 0.367. The van der Waals surface area contributed by atoms with E-state index in [1.54, 1.807) is 71.5 Å². The summed E-state index contributed by atoms with van der Waals surface area (Å²) in [5.41, 5.74) is 23.2. The van der Waals surface area contributed by atoms with Gasteiger partial charge in [0.1, 0.15) is 47.3 Å². The van der Waals surface area contributed by atoms with Crippen molar-refractivity contribution < 1.29 is 47.9 Å². The first-order valence-electron chi connectivity index (χ1n) is 49.9. The van der Waals surface area contributed by atoms with Crippen LogP contribution in [0.1, 0.15) is 271 Å². The molecule has 4 unspecified atom stereocenters. The zero-order valence-electron chi connectivity index (χ0n) is 87.0. The zero-order chi connectivity index (χ0) is 104. The number of aromatic nitrogens is 6. The fourth-order valence-electron chi connectivity index (χ4n) is 19.5. The van der Waals surface area contributed by atoms with Crippen LogP contribution in [0.25, 0.3) is 44.5 Å². The number of ketones is 4. The minimum atomic E-state index is -0.768. The molecule has 14 rings (SSSR count). The predicted octanol–water partition coefficient (Wildman–Crippen LogP) is 21.5. The number of amides is 6. The lowest BCUT2D eigenvalue weighted by molar-refractivity contribution is -0.144. The Morgan fingerprint density at radius 3 is 0.917 bits per heavy atom. The van der Waals surface area contributed by atoms with Gasteiger partial charge >= 0.3 is 0 Å².